The molecule has 1 atom stereocenters. The van der Waals surface area contributed by atoms with Crippen LogP contribution in [0.25, 0.3) is 0 Å². The minimum atomic E-state index is -0.323. The normalized spacial score (nSPS) is 12.4. The lowest BCUT2D eigenvalue weighted by Gasteiger charge is -2.09. The molecule has 0 aliphatic heterocycles. The van der Waals surface area contributed by atoms with E-state index in [1.807, 2.05) is 18.2 Å². The fourth-order valence-electron chi connectivity index (χ4n) is 1.02. The number of rotatable bonds is 4. The minimum Gasteiger partial charge on any atom is -0.368 e. The fraction of sp³-hybridized carbons (Fsp3) is 0.300. The Hall–Kier alpha value is -0.620. The summed E-state index contributed by atoms with van der Waals surface area (Å²) < 4.78 is 1.19. The van der Waals surface area contributed by atoms with Gasteiger partial charge in [0.15, 0.2) is 0 Å². The zero-order valence-corrected chi connectivity index (χ0v) is 10.1. The van der Waals surface area contributed by atoms with Crippen LogP contribution in [0.4, 0.5) is 0 Å². The molecule has 14 heavy (non-hydrogen) atoms. The van der Waals surface area contributed by atoms with Crippen molar-refractivity contribution < 1.29 is 4.79 Å². The van der Waals surface area contributed by atoms with Gasteiger partial charge in [0.1, 0.15) is 0 Å². The Bertz CT molecular complexity index is 328. The second kappa shape index (κ2) is 5.31. The highest BCUT2D eigenvalue weighted by Crippen LogP contribution is 2.07. The van der Waals surface area contributed by atoms with Crippen molar-refractivity contribution in [3.8, 4) is 0 Å². The number of primary amides is 1. The first-order chi connectivity index (χ1) is 6.59. The number of benzene rings is 1. The highest BCUT2D eigenvalue weighted by molar-refractivity contribution is 14.1. The van der Waals surface area contributed by atoms with Crippen molar-refractivity contribution in [2.24, 2.45) is 5.73 Å². The summed E-state index contributed by atoms with van der Waals surface area (Å²) in [5, 5.41) is 3.05. The smallest absolute Gasteiger partial charge is 0.234 e. The minimum absolute atomic E-state index is 0.284. The van der Waals surface area contributed by atoms with Crippen molar-refractivity contribution in [2.45, 2.75) is 19.5 Å². The molecule has 1 rings (SSSR count). The number of amides is 1. The average molecular weight is 304 g/mol. The van der Waals surface area contributed by atoms with E-state index in [1.165, 1.54) is 3.57 Å². The summed E-state index contributed by atoms with van der Waals surface area (Å²) in [7, 11) is 0. The first kappa shape index (κ1) is 11.5. The molecular formula is C10H13IN2O. The number of nitrogens with two attached hydrogens (primary N) is 1. The molecule has 1 unspecified atom stereocenters. The number of halogens is 1. The molecule has 0 heterocycles. The molecule has 0 fully saturated rings. The van der Waals surface area contributed by atoms with Crippen LogP contribution in [0, 0.1) is 3.57 Å². The molecular weight excluding hydrogens is 291 g/mol. The van der Waals surface area contributed by atoms with Gasteiger partial charge in [0.25, 0.3) is 0 Å². The number of nitrogens with one attached hydrogen (secondary N) is 1. The highest BCUT2D eigenvalue weighted by Gasteiger charge is 2.06. The Morgan fingerprint density at radius 3 is 2.93 bits per heavy atom. The predicted octanol–water partition coefficient (Wildman–Crippen LogP) is 1.25. The number of carbonyl (C=O) groups excluding carboxylic acids is 1. The first-order valence-corrected chi connectivity index (χ1v) is 5.44. The van der Waals surface area contributed by atoms with Crippen LogP contribution >= 0.6 is 22.6 Å². The molecule has 0 bridgehead atoms. The van der Waals surface area contributed by atoms with Crippen molar-refractivity contribution in [1.82, 2.24) is 5.32 Å². The molecule has 76 valence electrons. The first-order valence-electron chi connectivity index (χ1n) is 4.36. The van der Waals surface area contributed by atoms with Gasteiger partial charge < -0.3 is 11.1 Å². The average Bonchev–Trinajstić information content (AvgIpc) is 2.14. The van der Waals surface area contributed by atoms with E-state index in [9.17, 15) is 4.79 Å². The molecule has 0 saturated heterocycles. The molecule has 1 aromatic rings. The maximum absolute atomic E-state index is 10.7. The van der Waals surface area contributed by atoms with E-state index in [2.05, 4.69) is 34.0 Å². The van der Waals surface area contributed by atoms with Crippen molar-refractivity contribution >= 4 is 28.5 Å². The third-order valence-corrected chi connectivity index (χ3v) is 2.60. The summed E-state index contributed by atoms with van der Waals surface area (Å²) >= 11 is 2.26. The Kier molecular flexibility index (Phi) is 4.34. The van der Waals surface area contributed by atoms with Gasteiger partial charge in [0.2, 0.25) is 5.91 Å². The molecule has 0 aliphatic rings. The Balaban J connectivity index is 2.49. The fourth-order valence-corrected chi connectivity index (χ4v) is 1.63. The molecule has 0 radical (unpaired) electrons. The van der Waals surface area contributed by atoms with Crippen LogP contribution in [-0.4, -0.2) is 11.9 Å². The summed E-state index contributed by atoms with van der Waals surface area (Å²) in [6.07, 6.45) is 0. The van der Waals surface area contributed by atoms with Gasteiger partial charge in [-0.15, -0.1) is 0 Å². The standard InChI is InChI=1S/C10H13IN2O/c1-7(10(12)14)13-6-8-3-2-4-9(11)5-8/h2-5,7,13H,6H2,1H3,(H2,12,14). The SMILES string of the molecule is CC(NCc1cccc(I)c1)C(N)=O. The van der Waals surface area contributed by atoms with Gasteiger partial charge >= 0.3 is 0 Å². The molecule has 3 N–H and O–H groups in total. The molecule has 1 aromatic carbocycles. The Morgan fingerprint density at radius 2 is 2.36 bits per heavy atom. The van der Waals surface area contributed by atoms with Crippen molar-refractivity contribution in [3.63, 3.8) is 0 Å². The zero-order chi connectivity index (χ0) is 10.6. The van der Waals surface area contributed by atoms with Gasteiger partial charge in [0.05, 0.1) is 6.04 Å². The summed E-state index contributed by atoms with van der Waals surface area (Å²) in [6.45, 7) is 2.43. The maximum atomic E-state index is 10.7. The van der Waals surface area contributed by atoms with Crippen LogP contribution in [-0.2, 0) is 11.3 Å². The number of hydrogen-bond donors (Lipinski definition) is 2. The van der Waals surface area contributed by atoms with E-state index < -0.39 is 0 Å². The Labute approximate surface area is 97.2 Å². The monoisotopic (exact) mass is 304 g/mol. The number of hydrogen-bond acceptors (Lipinski definition) is 2. The van der Waals surface area contributed by atoms with E-state index >= 15 is 0 Å². The van der Waals surface area contributed by atoms with Gasteiger partial charge in [-0.25, -0.2) is 0 Å². The van der Waals surface area contributed by atoms with Gasteiger partial charge in [-0.2, -0.15) is 0 Å². The van der Waals surface area contributed by atoms with Crippen LogP contribution < -0.4 is 11.1 Å². The third kappa shape index (κ3) is 3.63. The quantitative estimate of drug-likeness (QED) is 0.823. The molecule has 0 aliphatic carbocycles. The summed E-state index contributed by atoms with van der Waals surface area (Å²) in [4.78, 5) is 10.7. The van der Waals surface area contributed by atoms with Crippen molar-refractivity contribution in [2.75, 3.05) is 0 Å². The number of carbonyl (C=O) groups is 1. The lowest BCUT2D eigenvalue weighted by molar-refractivity contribution is -0.119. The molecule has 0 saturated carbocycles. The summed E-state index contributed by atoms with van der Waals surface area (Å²) in [5.74, 6) is -0.323. The molecule has 0 aromatic heterocycles. The molecule has 3 nitrogen and oxygen atoms in total. The van der Waals surface area contributed by atoms with Crippen LogP contribution in [0.2, 0.25) is 0 Å². The van der Waals surface area contributed by atoms with Gasteiger partial charge in [-0.05, 0) is 47.2 Å². The topological polar surface area (TPSA) is 55.1 Å². The van der Waals surface area contributed by atoms with Crippen LogP contribution in [0.3, 0.4) is 0 Å². The van der Waals surface area contributed by atoms with Crippen LogP contribution in [0.15, 0.2) is 24.3 Å². The molecule has 0 spiro atoms. The van der Waals surface area contributed by atoms with E-state index in [1.54, 1.807) is 6.92 Å². The Morgan fingerprint density at radius 1 is 1.64 bits per heavy atom. The third-order valence-electron chi connectivity index (χ3n) is 1.93. The maximum Gasteiger partial charge on any atom is 0.234 e. The van der Waals surface area contributed by atoms with E-state index in [4.69, 9.17) is 5.73 Å². The largest absolute Gasteiger partial charge is 0.368 e. The van der Waals surface area contributed by atoms with E-state index in [-0.39, 0.29) is 11.9 Å². The van der Waals surface area contributed by atoms with Crippen LogP contribution in [0.5, 0.6) is 0 Å². The second-order valence-corrected chi connectivity index (χ2v) is 4.38. The van der Waals surface area contributed by atoms with Crippen molar-refractivity contribution in [1.29, 1.82) is 0 Å². The predicted molar refractivity (Wildman–Crippen MR) is 64.7 cm³/mol. The van der Waals surface area contributed by atoms with Crippen molar-refractivity contribution in [3.05, 3.63) is 33.4 Å². The lowest BCUT2D eigenvalue weighted by Crippen LogP contribution is -2.38. The lowest BCUT2D eigenvalue weighted by atomic mass is 10.2. The van der Waals surface area contributed by atoms with Gasteiger partial charge in [-0.3, -0.25) is 4.79 Å². The molecule has 1 amide bonds. The van der Waals surface area contributed by atoms with Crippen LogP contribution in [0.1, 0.15) is 12.5 Å². The second-order valence-electron chi connectivity index (χ2n) is 3.13. The molecule has 4 heteroatoms. The van der Waals surface area contributed by atoms with Gasteiger partial charge in [-0.1, -0.05) is 12.1 Å². The zero-order valence-electron chi connectivity index (χ0n) is 7.96. The van der Waals surface area contributed by atoms with E-state index in [0.29, 0.717) is 6.54 Å². The van der Waals surface area contributed by atoms with Gasteiger partial charge in [0, 0.05) is 10.1 Å². The summed E-state index contributed by atoms with van der Waals surface area (Å²) in [6, 6.07) is 7.83. The van der Waals surface area contributed by atoms with E-state index in [0.717, 1.165) is 5.56 Å². The summed E-state index contributed by atoms with van der Waals surface area (Å²) in [5.41, 5.74) is 6.28. The highest BCUT2D eigenvalue weighted by atomic mass is 127.